The Morgan fingerprint density at radius 3 is 2.26 bits per heavy atom. The van der Waals surface area contributed by atoms with E-state index in [-0.39, 0.29) is 5.41 Å². The second kappa shape index (κ2) is 5.74. The van der Waals surface area contributed by atoms with Crippen LogP contribution in [0.15, 0.2) is 18.2 Å². The van der Waals surface area contributed by atoms with Gasteiger partial charge in [-0.2, -0.15) is 0 Å². The van der Waals surface area contributed by atoms with Gasteiger partial charge in [-0.25, -0.2) is 0 Å². The molecule has 0 N–H and O–H groups in total. The summed E-state index contributed by atoms with van der Waals surface area (Å²) in [5.74, 6) is 2.40. The van der Waals surface area contributed by atoms with Gasteiger partial charge in [-0.15, -0.1) is 0 Å². The third-order valence-corrected chi connectivity index (χ3v) is 5.36. The summed E-state index contributed by atoms with van der Waals surface area (Å²) in [4.78, 5) is 0. The zero-order valence-electron chi connectivity index (χ0n) is 15.2. The highest BCUT2D eigenvalue weighted by atomic mass is 16.5. The Hall–Kier alpha value is -1.70. The van der Waals surface area contributed by atoms with Crippen molar-refractivity contribution in [2.45, 2.75) is 58.3 Å². The van der Waals surface area contributed by atoms with Crippen LogP contribution >= 0.6 is 0 Å². The molecule has 23 heavy (non-hydrogen) atoms. The first-order valence-electron chi connectivity index (χ1n) is 8.61. The summed E-state index contributed by atoms with van der Waals surface area (Å²) in [5, 5.41) is 2.52. The van der Waals surface area contributed by atoms with Gasteiger partial charge >= 0.3 is 0 Å². The van der Waals surface area contributed by atoms with Crippen LogP contribution in [0.25, 0.3) is 10.8 Å². The van der Waals surface area contributed by atoms with E-state index in [2.05, 4.69) is 45.9 Å². The maximum Gasteiger partial charge on any atom is 0.127 e. The molecule has 1 aliphatic rings. The minimum Gasteiger partial charge on any atom is -0.496 e. The zero-order chi connectivity index (χ0) is 16.8. The van der Waals surface area contributed by atoms with Crippen LogP contribution in [0.5, 0.6) is 11.5 Å². The molecule has 0 saturated carbocycles. The standard InChI is InChI=1S/C21H28O2/c1-13(2)15-10-17-16(11-19(15)22-5)14-8-7-9-21(3,4)18(14)12-20(17)23-6/h10-13H,7-9H2,1-6H3. The van der Waals surface area contributed by atoms with Gasteiger partial charge in [0, 0.05) is 5.39 Å². The number of rotatable bonds is 3. The number of benzene rings is 2. The molecule has 2 nitrogen and oxygen atoms in total. The van der Waals surface area contributed by atoms with Crippen LogP contribution in [0.3, 0.4) is 0 Å². The van der Waals surface area contributed by atoms with E-state index >= 15 is 0 Å². The first-order valence-corrected chi connectivity index (χ1v) is 8.61. The zero-order valence-corrected chi connectivity index (χ0v) is 15.2. The smallest absolute Gasteiger partial charge is 0.127 e. The summed E-state index contributed by atoms with van der Waals surface area (Å²) in [6.07, 6.45) is 3.62. The fourth-order valence-corrected chi connectivity index (χ4v) is 4.00. The van der Waals surface area contributed by atoms with Gasteiger partial charge in [0.2, 0.25) is 0 Å². The van der Waals surface area contributed by atoms with Gasteiger partial charge in [-0.05, 0) is 70.9 Å². The molecule has 0 aromatic heterocycles. The van der Waals surface area contributed by atoms with Crippen LogP contribution in [-0.2, 0) is 11.8 Å². The van der Waals surface area contributed by atoms with Gasteiger partial charge in [-0.3, -0.25) is 0 Å². The number of aryl methyl sites for hydroxylation is 1. The Bertz CT molecular complexity index is 741. The summed E-state index contributed by atoms with van der Waals surface area (Å²) in [7, 11) is 3.54. The average Bonchev–Trinajstić information content (AvgIpc) is 2.52. The lowest BCUT2D eigenvalue weighted by Crippen LogP contribution is -2.24. The van der Waals surface area contributed by atoms with Crippen molar-refractivity contribution in [1.29, 1.82) is 0 Å². The van der Waals surface area contributed by atoms with Crippen molar-refractivity contribution < 1.29 is 9.47 Å². The summed E-state index contributed by atoms with van der Waals surface area (Å²) in [5.41, 5.74) is 4.37. The number of hydrogen-bond acceptors (Lipinski definition) is 2. The van der Waals surface area contributed by atoms with Crippen LogP contribution in [-0.4, -0.2) is 14.2 Å². The molecule has 0 heterocycles. The molecule has 124 valence electrons. The molecule has 2 heteroatoms. The predicted octanol–water partition coefficient (Wildman–Crippen LogP) is 5.59. The molecular formula is C21H28O2. The van der Waals surface area contributed by atoms with Gasteiger partial charge in [0.15, 0.2) is 0 Å². The second-order valence-electron chi connectivity index (χ2n) is 7.64. The highest BCUT2D eigenvalue weighted by molar-refractivity contribution is 5.94. The van der Waals surface area contributed by atoms with Crippen molar-refractivity contribution >= 4 is 10.8 Å². The topological polar surface area (TPSA) is 18.5 Å². The molecule has 0 bridgehead atoms. The average molecular weight is 312 g/mol. The highest BCUT2D eigenvalue weighted by Gasteiger charge is 2.30. The fourth-order valence-electron chi connectivity index (χ4n) is 4.00. The first-order chi connectivity index (χ1) is 10.9. The number of fused-ring (bicyclic) bond motifs is 3. The van der Waals surface area contributed by atoms with Crippen molar-refractivity contribution in [2.24, 2.45) is 0 Å². The van der Waals surface area contributed by atoms with Crippen LogP contribution in [0.2, 0.25) is 0 Å². The first kappa shape index (κ1) is 16.2. The third-order valence-electron chi connectivity index (χ3n) is 5.36. The minimum atomic E-state index is 0.207. The Morgan fingerprint density at radius 1 is 0.957 bits per heavy atom. The lowest BCUT2D eigenvalue weighted by molar-refractivity contribution is 0.403. The SMILES string of the molecule is COc1cc2c3c(cc(OC)c2cc1C(C)C)C(C)(C)CCC3. The fraction of sp³-hybridized carbons (Fsp3) is 0.524. The van der Waals surface area contributed by atoms with E-state index in [0.29, 0.717) is 5.92 Å². The predicted molar refractivity (Wildman–Crippen MR) is 97.1 cm³/mol. The largest absolute Gasteiger partial charge is 0.496 e. The Morgan fingerprint density at radius 2 is 1.65 bits per heavy atom. The molecule has 0 spiro atoms. The Labute approximate surface area is 139 Å². The maximum atomic E-state index is 5.75. The van der Waals surface area contributed by atoms with E-state index in [4.69, 9.17) is 9.47 Å². The van der Waals surface area contributed by atoms with E-state index in [1.807, 2.05) is 0 Å². The molecule has 0 saturated heterocycles. The van der Waals surface area contributed by atoms with Crippen LogP contribution in [0.1, 0.15) is 63.1 Å². The molecule has 0 atom stereocenters. The van der Waals surface area contributed by atoms with Gasteiger partial charge in [-0.1, -0.05) is 27.7 Å². The molecule has 0 radical (unpaired) electrons. The van der Waals surface area contributed by atoms with Gasteiger partial charge < -0.3 is 9.47 Å². The molecule has 0 fully saturated rings. The summed E-state index contributed by atoms with van der Waals surface area (Å²) >= 11 is 0. The minimum absolute atomic E-state index is 0.207. The summed E-state index contributed by atoms with van der Waals surface area (Å²) < 4.78 is 11.4. The van der Waals surface area contributed by atoms with Gasteiger partial charge in [0.25, 0.3) is 0 Å². The quantitative estimate of drug-likeness (QED) is 0.735. The molecule has 3 rings (SSSR count). The van der Waals surface area contributed by atoms with Crippen molar-refractivity contribution in [1.82, 2.24) is 0 Å². The van der Waals surface area contributed by atoms with Crippen molar-refractivity contribution in [3.63, 3.8) is 0 Å². The third kappa shape index (κ3) is 2.58. The lowest BCUT2D eigenvalue weighted by Gasteiger charge is -2.34. The van der Waals surface area contributed by atoms with Crippen LogP contribution < -0.4 is 9.47 Å². The molecule has 1 aliphatic carbocycles. The van der Waals surface area contributed by atoms with Crippen molar-refractivity contribution in [3.05, 3.63) is 34.9 Å². The van der Waals surface area contributed by atoms with Crippen molar-refractivity contribution in [3.8, 4) is 11.5 Å². The molecule has 2 aromatic carbocycles. The highest BCUT2D eigenvalue weighted by Crippen LogP contribution is 2.45. The van der Waals surface area contributed by atoms with Gasteiger partial charge in [0.05, 0.1) is 14.2 Å². The van der Waals surface area contributed by atoms with Crippen molar-refractivity contribution in [2.75, 3.05) is 14.2 Å². The monoisotopic (exact) mass is 312 g/mol. The summed E-state index contributed by atoms with van der Waals surface area (Å²) in [6, 6.07) is 6.76. The second-order valence-corrected chi connectivity index (χ2v) is 7.64. The summed E-state index contributed by atoms with van der Waals surface area (Å²) in [6.45, 7) is 9.10. The van der Waals surface area contributed by atoms with Crippen LogP contribution in [0, 0.1) is 0 Å². The Kier molecular flexibility index (Phi) is 4.03. The van der Waals surface area contributed by atoms with E-state index in [9.17, 15) is 0 Å². The molecule has 2 aromatic rings. The van der Waals surface area contributed by atoms with E-state index < -0.39 is 0 Å². The molecule has 0 aliphatic heterocycles. The lowest BCUT2D eigenvalue weighted by atomic mass is 9.71. The number of hydrogen-bond donors (Lipinski definition) is 0. The number of ether oxygens (including phenoxy) is 2. The van der Waals surface area contributed by atoms with E-state index in [0.717, 1.165) is 17.9 Å². The normalized spacial score (nSPS) is 16.5. The van der Waals surface area contributed by atoms with Gasteiger partial charge in [0.1, 0.15) is 11.5 Å². The Balaban J connectivity index is 2.39. The number of methoxy groups -OCH3 is 2. The van der Waals surface area contributed by atoms with E-state index in [1.165, 1.54) is 40.3 Å². The molecular weight excluding hydrogens is 284 g/mol. The van der Waals surface area contributed by atoms with Crippen LogP contribution in [0.4, 0.5) is 0 Å². The van der Waals surface area contributed by atoms with E-state index in [1.54, 1.807) is 14.2 Å². The molecule has 0 unspecified atom stereocenters. The maximum absolute atomic E-state index is 5.75. The molecule has 0 amide bonds.